The summed E-state index contributed by atoms with van der Waals surface area (Å²) in [6.45, 7) is 3.81. The molecule has 0 radical (unpaired) electrons. The molecule has 6 nitrogen and oxygen atoms in total. The molecule has 0 bridgehead atoms. The van der Waals surface area contributed by atoms with Gasteiger partial charge in [-0.05, 0) is 25.5 Å². The maximum Gasteiger partial charge on any atom is 0.316 e. The number of benzene rings is 1. The van der Waals surface area contributed by atoms with E-state index in [0.717, 1.165) is 6.42 Å². The lowest BCUT2D eigenvalue weighted by Crippen LogP contribution is -2.17. The molecule has 1 unspecified atom stereocenters. The Bertz CT molecular complexity index is 662. The van der Waals surface area contributed by atoms with Crippen molar-refractivity contribution in [3.05, 3.63) is 29.3 Å². The number of carbonyl (C=O) groups excluding carboxylic acids is 1. The van der Waals surface area contributed by atoms with Crippen molar-refractivity contribution in [3.63, 3.8) is 0 Å². The standard InChI is InChI=1S/C14H17ClN4O2S/c1-3-9(2)21-12(20)8-22-14-18-17-13(19(14)16)10-6-4-5-7-11(10)15/h4-7,9H,3,8,16H2,1-2H3. The SMILES string of the molecule is CCC(C)OC(=O)CSc1nnc(-c2ccccc2Cl)n1N. The summed E-state index contributed by atoms with van der Waals surface area (Å²) >= 11 is 7.30. The number of carbonyl (C=O) groups is 1. The minimum Gasteiger partial charge on any atom is -0.462 e. The smallest absolute Gasteiger partial charge is 0.316 e. The van der Waals surface area contributed by atoms with Crippen molar-refractivity contribution in [2.45, 2.75) is 31.5 Å². The number of hydrogen-bond acceptors (Lipinski definition) is 6. The van der Waals surface area contributed by atoms with Gasteiger partial charge in [-0.15, -0.1) is 10.2 Å². The number of halogens is 1. The average Bonchev–Trinajstić information content (AvgIpc) is 2.86. The molecule has 1 aromatic carbocycles. The van der Waals surface area contributed by atoms with Crippen LogP contribution in [0, 0.1) is 0 Å². The maximum atomic E-state index is 11.7. The molecule has 22 heavy (non-hydrogen) atoms. The summed E-state index contributed by atoms with van der Waals surface area (Å²) in [4.78, 5) is 11.7. The van der Waals surface area contributed by atoms with E-state index in [1.807, 2.05) is 26.0 Å². The third-order valence-electron chi connectivity index (χ3n) is 3.01. The summed E-state index contributed by atoms with van der Waals surface area (Å²) in [6, 6.07) is 7.22. The van der Waals surface area contributed by atoms with Gasteiger partial charge in [-0.1, -0.05) is 42.4 Å². The highest BCUT2D eigenvalue weighted by Gasteiger charge is 2.16. The van der Waals surface area contributed by atoms with Gasteiger partial charge in [0.05, 0.1) is 16.9 Å². The Morgan fingerprint density at radius 1 is 1.45 bits per heavy atom. The molecule has 0 aliphatic carbocycles. The molecule has 0 saturated heterocycles. The van der Waals surface area contributed by atoms with Crippen molar-refractivity contribution in [1.29, 1.82) is 0 Å². The van der Waals surface area contributed by atoms with Gasteiger partial charge in [-0.2, -0.15) is 0 Å². The monoisotopic (exact) mass is 340 g/mol. The van der Waals surface area contributed by atoms with Crippen LogP contribution < -0.4 is 5.84 Å². The van der Waals surface area contributed by atoms with E-state index in [9.17, 15) is 4.79 Å². The Morgan fingerprint density at radius 3 is 2.86 bits per heavy atom. The van der Waals surface area contributed by atoms with Crippen molar-refractivity contribution < 1.29 is 9.53 Å². The van der Waals surface area contributed by atoms with Gasteiger partial charge >= 0.3 is 5.97 Å². The Hall–Kier alpha value is -1.73. The van der Waals surface area contributed by atoms with Crippen LogP contribution in [0.3, 0.4) is 0 Å². The van der Waals surface area contributed by atoms with Crippen LogP contribution >= 0.6 is 23.4 Å². The summed E-state index contributed by atoms with van der Waals surface area (Å²) < 4.78 is 6.51. The molecule has 0 aliphatic heterocycles. The lowest BCUT2D eigenvalue weighted by Gasteiger charge is -2.10. The van der Waals surface area contributed by atoms with Gasteiger partial charge in [-0.25, -0.2) is 4.68 Å². The zero-order chi connectivity index (χ0) is 16.1. The van der Waals surface area contributed by atoms with Crippen molar-refractivity contribution >= 4 is 29.3 Å². The van der Waals surface area contributed by atoms with Gasteiger partial charge in [0.15, 0.2) is 5.82 Å². The number of thioether (sulfide) groups is 1. The first kappa shape index (κ1) is 16.6. The number of ether oxygens (including phenoxy) is 1. The molecule has 2 N–H and O–H groups in total. The summed E-state index contributed by atoms with van der Waals surface area (Å²) in [7, 11) is 0. The van der Waals surface area contributed by atoms with Gasteiger partial charge < -0.3 is 10.6 Å². The molecule has 0 amide bonds. The molecule has 1 heterocycles. The van der Waals surface area contributed by atoms with E-state index in [1.165, 1.54) is 16.4 Å². The highest BCUT2D eigenvalue weighted by Crippen LogP contribution is 2.27. The third-order valence-corrected chi connectivity index (χ3v) is 4.25. The molecule has 118 valence electrons. The van der Waals surface area contributed by atoms with Crippen molar-refractivity contribution in [2.24, 2.45) is 0 Å². The largest absolute Gasteiger partial charge is 0.462 e. The fourth-order valence-electron chi connectivity index (χ4n) is 1.67. The number of nitrogen functional groups attached to an aromatic ring is 1. The first-order chi connectivity index (χ1) is 10.5. The van der Waals surface area contributed by atoms with Crippen molar-refractivity contribution in [1.82, 2.24) is 14.9 Å². The number of esters is 1. The van der Waals surface area contributed by atoms with Gasteiger partial charge in [-0.3, -0.25) is 4.79 Å². The molecular formula is C14H17ClN4O2S. The van der Waals surface area contributed by atoms with Crippen molar-refractivity contribution in [3.8, 4) is 11.4 Å². The van der Waals surface area contributed by atoms with Crippen LogP contribution in [0.2, 0.25) is 5.02 Å². The molecule has 1 aromatic heterocycles. The first-order valence-electron chi connectivity index (χ1n) is 6.80. The lowest BCUT2D eigenvalue weighted by molar-refractivity contribution is -0.144. The van der Waals surface area contributed by atoms with Crippen LogP contribution in [0.25, 0.3) is 11.4 Å². The predicted octanol–water partition coefficient (Wildman–Crippen LogP) is 2.75. The van der Waals surface area contributed by atoms with Crippen LogP contribution in [0.5, 0.6) is 0 Å². The quantitative estimate of drug-likeness (QED) is 0.494. The number of rotatable bonds is 6. The zero-order valence-electron chi connectivity index (χ0n) is 12.3. The maximum absolute atomic E-state index is 11.7. The predicted molar refractivity (Wildman–Crippen MR) is 87.2 cm³/mol. The van der Waals surface area contributed by atoms with Crippen LogP contribution in [-0.2, 0) is 9.53 Å². The van der Waals surface area contributed by atoms with E-state index in [1.54, 1.807) is 12.1 Å². The summed E-state index contributed by atoms with van der Waals surface area (Å²) in [5.41, 5.74) is 0.688. The van der Waals surface area contributed by atoms with E-state index < -0.39 is 0 Å². The molecule has 2 aromatic rings. The van der Waals surface area contributed by atoms with E-state index in [-0.39, 0.29) is 17.8 Å². The second-order valence-corrected chi connectivity index (χ2v) is 6.00. The van der Waals surface area contributed by atoms with E-state index in [2.05, 4.69) is 10.2 Å². The second kappa shape index (κ2) is 7.51. The topological polar surface area (TPSA) is 83.0 Å². The summed E-state index contributed by atoms with van der Waals surface area (Å²) in [5, 5.41) is 8.98. The fourth-order valence-corrected chi connectivity index (χ4v) is 2.53. The minimum atomic E-state index is -0.304. The normalized spacial score (nSPS) is 12.1. The fraction of sp³-hybridized carbons (Fsp3) is 0.357. The van der Waals surface area contributed by atoms with Gasteiger partial charge in [0, 0.05) is 5.56 Å². The van der Waals surface area contributed by atoms with E-state index >= 15 is 0 Å². The molecule has 1 atom stereocenters. The lowest BCUT2D eigenvalue weighted by atomic mass is 10.2. The Kier molecular flexibility index (Phi) is 5.68. The number of hydrogen-bond donors (Lipinski definition) is 1. The average molecular weight is 341 g/mol. The molecular weight excluding hydrogens is 324 g/mol. The van der Waals surface area contributed by atoms with Crippen LogP contribution in [0.1, 0.15) is 20.3 Å². The molecule has 0 aliphatic rings. The van der Waals surface area contributed by atoms with E-state index in [4.69, 9.17) is 22.2 Å². The zero-order valence-corrected chi connectivity index (χ0v) is 13.9. The molecule has 8 heteroatoms. The molecule has 2 rings (SSSR count). The van der Waals surface area contributed by atoms with E-state index in [0.29, 0.717) is 21.6 Å². The highest BCUT2D eigenvalue weighted by atomic mass is 35.5. The first-order valence-corrected chi connectivity index (χ1v) is 8.17. The second-order valence-electron chi connectivity index (χ2n) is 4.65. The number of nitrogens with zero attached hydrogens (tertiary/aromatic N) is 3. The van der Waals surface area contributed by atoms with Crippen LogP contribution in [-0.4, -0.2) is 32.7 Å². The summed E-state index contributed by atoms with van der Waals surface area (Å²) in [5.74, 6) is 6.25. The number of aromatic nitrogens is 3. The third kappa shape index (κ3) is 3.92. The molecule has 0 spiro atoms. The van der Waals surface area contributed by atoms with Crippen molar-refractivity contribution in [2.75, 3.05) is 11.6 Å². The molecule has 0 fully saturated rings. The van der Waals surface area contributed by atoms with Crippen LogP contribution in [0.4, 0.5) is 0 Å². The Balaban J connectivity index is 2.06. The minimum absolute atomic E-state index is 0.0949. The molecule has 0 saturated carbocycles. The van der Waals surface area contributed by atoms with Gasteiger partial charge in [0.25, 0.3) is 0 Å². The Labute approximate surface area is 138 Å². The summed E-state index contributed by atoms with van der Waals surface area (Å²) in [6.07, 6.45) is 0.683. The van der Waals surface area contributed by atoms with Crippen LogP contribution in [0.15, 0.2) is 29.4 Å². The number of nitrogens with two attached hydrogens (primary N) is 1. The highest BCUT2D eigenvalue weighted by molar-refractivity contribution is 7.99. The Morgan fingerprint density at radius 2 is 2.18 bits per heavy atom. The van der Waals surface area contributed by atoms with Gasteiger partial charge in [0.1, 0.15) is 0 Å². The van der Waals surface area contributed by atoms with Gasteiger partial charge in [0.2, 0.25) is 5.16 Å².